The molecule has 2 unspecified atom stereocenters. The number of hydrogen-bond acceptors (Lipinski definition) is 3. The molecule has 0 radical (unpaired) electrons. The summed E-state index contributed by atoms with van der Waals surface area (Å²) in [7, 11) is -0.449. The Bertz CT molecular complexity index is 831. The predicted octanol–water partition coefficient (Wildman–Crippen LogP) is 3.31. The number of sulfonamides is 1. The Hall–Kier alpha value is -2.18. The Morgan fingerprint density at radius 3 is 2.08 bits per heavy atom. The van der Waals surface area contributed by atoms with Gasteiger partial charge in [0.2, 0.25) is 15.9 Å². The average Bonchev–Trinajstić information content (AvgIpc) is 2.63. The molecule has 5 nitrogen and oxygen atoms in total. The second-order valence-electron chi connectivity index (χ2n) is 6.46. The third-order valence-electron chi connectivity index (χ3n) is 4.44. The summed E-state index contributed by atoms with van der Waals surface area (Å²) in [6.45, 7) is 3.88. The predicted molar refractivity (Wildman–Crippen MR) is 103 cm³/mol. The molecule has 0 aromatic heterocycles. The van der Waals surface area contributed by atoms with Crippen molar-refractivity contribution in [2.45, 2.75) is 37.1 Å². The number of carbonyl (C=O) groups excluding carboxylic acids is 1. The van der Waals surface area contributed by atoms with Crippen molar-refractivity contribution in [3.8, 4) is 0 Å². The maximum Gasteiger partial charge on any atom is 0.242 e. The lowest BCUT2D eigenvalue weighted by Crippen LogP contribution is -2.31. The topological polar surface area (TPSA) is 66.5 Å². The quantitative estimate of drug-likeness (QED) is 0.808. The molecule has 2 aromatic rings. The van der Waals surface area contributed by atoms with Crippen LogP contribution in [0, 0.1) is 0 Å². The highest BCUT2D eigenvalue weighted by molar-refractivity contribution is 7.89. The van der Waals surface area contributed by atoms with Crippen LogP contribution in [0.15, 0.2) is 59.5 Å². The maximum atomic E-state index is 12.7. The largest absolute Gasteiger partial charge is 0.349 e. The first kappa shape index (κ1) is 20.1. The highest BCUT2D eigenvalue weighted by atomic mass is 32.2. The van der Waals surface area contributed by atoms with Gasteiger partial charge in [-0.1, -0.05) is 49.4 Å². The van der Waals surface area contributed by atoms with Crippen molar-refractivity contribution in [2.24, 2.45) is 0 Å². The Labute approximate surface area is 156 Å². The van der Waals surface area contributed by atoms with Crippen LogP contribution in [0.3, 0.4) is 0 Å². The summed E-state index contributed by atoms with van der Waals surface area (Å²) in [5.41, 5.74) is 1.85. The second kappa shape index (κ2) is 8.47. The van der Waals surface area contributed by atoms with E-state index < -0.39 is 10.0 Å². The normalized spacial score (nSPS) is 14.0. The van der Waals surface area contributed by atoms with Gasteiger partial charge in [0.1, 0.15) is 0 Å². The van der Waals surface area contributed by atoms with Gasteiger partial charge >= 0.3 is 0 Å². The van der Waals surface area contributed by atoms with Gasteiger partial charge in [0, 0.05) is 14.1 Å². The first-order valence-electron chi connectivity index (χ1n) is 8.65. The lowest BCUT2D eigenvalue weighted by atomic mass is 9.95. The first-order valence-corrected chi connectivity index (χ1v) is 10.1. The molecule has 1 amide bonds. The molecule has 140 valence electrons. The van der Waals surface area contributed by atoms with Gasteiger partial charge in [-0.2, -0.15) is 0 Å². The molecule has 2 aromatic carbocycles. The zero-order valence-electron chi connectivity index (χ0n) is 15.6. The van der Waals surface area contributed by atoms with Gasteiger partial charge in [0.15, 0.2) is 0 Å². The molecule has 0 spiro atoms. The Morgan fingerprint density at radius 2 is 1.58 bits per heavy atom. The van der Waals surface area contributed by atoms with Gasteiger partial charge in [0.25, 0.3) is 0 Å². The lowest BCUT2D eigenvalue weighted by molar-refractivity contribution is -0.123. The number of rotatable bonds is 7. The smallest absolute Gasteiger partial charge is 0.242 e. The molecule has 2 rings (SSSR count). The van der Waals surface area contributed by atoms with Gasteiger partial charge in [-0.25, -0.2) is 12.7 Å². The first-order chi connectivity index (χ1) is 12.3. The summed E-state index contributed by atoms with van der Waals surface area (Å²) < 4.78 is 25.4. The minimum absolute atomic E-state index is 0.0313. The Balaban J connectivity index is 2.12. The highest BCUT2D eigenvalue weighted by Crippen LogP contribution is 2.22. The van der Waals surface area contributed by atoms with E-state index in [4.69, 9.17) is 0 Å². The van der Waals surface area contributed by atoms with E-state index in [-0.39, 0.29) is 22.8 Å². The molecule has 0 bridgehead atoms. The minimum Gasteiger partial charge on any atom is -0.349 e. The molecule has 6 heteroatoms. The van der Waals surface area contributed by atoms with Gasteiger partial charge in [-0.15, -0.1) is 0 Å². The van der Waals surface area contributed by atoms with Gasteiger partial charge < -0.3 is 5.32 Å². The molecular formula is C20H26N2O3S. The van der Waals surface area contributed by atoms with Crippen LogP contribution in [0.2, 0.25) is 0 Å². The molecule has 0 aliphatic rings. The van der Waals surface area contributed by atoms with Crippen LogP contribution in [-0.2, 0) is 14.8 Å². The summed E-state index contributed by atoms with van der Waals surface area (Å²) in [5, 5.41) is 3.03. The summed E-state index contributed by atoms with van der Waals surface area (Å²) in [4.78, 5) is 12.9. The molecule has 2 atom stereocenters. The van der Waals surface area contributed by atoms with Crippen LogP contribution in [0.5, 0.6) is 0 Å². The van der Waals surface area contributed by atoms with Crippen LogP contribution in [-0.4, -0.2) is 32.7 Å². The maximum absolute atomic E-state index is 12.7. The van der Waals surface area contributed by atoms with Crippen molar-refractivity contribution in [3.05, 3.63) is 65.7 Å². The number of nitrogens with zero attached hydrogens (tertiary/aromatic N) is 1. The number of benzene rings is 2. The van der Waals surface area contributed by atoms with Gasteiger partial charge in [0.05, 0.1) is 16.9 Å². The second-order valence-corrected chi connectivity index (χ2v) is 8.61. The summed E-state index contributed by atoms with van der Waals surface area (Å²) in [6.07, 6.45) is 0.711. The number of nitrogens with one attached hydrogen (secondary N) is 1. The van der Waals surface area contributed by atoms with E-state index >= 15 is 0 Å². The molecule has 0 aliphatic carbocycles. The lowest BCUT2D eigenvalue weighted by Gasteiger charge is -2.20. The van der Waals surface area contributed by atoms with Crippen molar-refractivity contribution < 1.29 is 13.2 Å². The fraction of sp³-hybridized carbons (Fsp3) is 0.350. The van der Waals surface area contributed by atoms with Crippen molar-refractivity contribution in [1.29, 1.82) is 0 Å². The standard InChI is InChI=1S/C20H26N2O3S/c1-5-19(17-9-7-6-8-10-17)20(23)21-15(2)16-11-13-18(14-12-16)26(24,25)22(3)4/h6-15,19H,5H2,1-4H3,(H,21,23). The Morgan fingerprint density at radius 1 is 1.00 bits per heavy atom. The van der Waals surface area contributed by atoms with Crippen LogP contribution in [0.1, 0.15) is 43.4 Å². The summed E-state index contributed by atoms with van der Waals surface area (Å²) >= 11 is 0. The third kappa shape index (κ3) is 4.51. The number of hydrogen-bond donors (Lipinski definition) is 1. The van der Waals surface area contributed by atoms with Gasteiger partial charge in [-0.3, -0.25) is 4.79 Å². The van der Waals surface area contributed by atoms with Crippen molar-refractivity contribution in [1.82, 2.24) is 9.62 Å². The fourth-order valence-corrected chi connectivity index (χ4v) is 3.70. The van der Waals surface area contributed by atoms with Crippen molar-refractivity contribution in [2.75, 3.05) is 14.1 Å². The van der Waals surface area contributed by atoms with E-state index in [1.165, 1.54) is 18.4 Å². The van der Waals surface area contributed by atoms with E-state index in [0.29, 0.717) is 6.42 Å². The molecule has 1 N–H and O–H groups in total. The summed E-state index contributed by atoms with van der Waals surface area (Å²) in [6, 6.07) is 16.1. The zero-order valence-corrected chi connectivity index (χ0v) is 16.5. The third-order valence-corrected chi connectivity index (χ3v) is 6.27. The highest BCUT2D eigenvalue weighted by Gasteiger charge is 2.21. The van der Waals surface area contributed by atoms with Crippen LogP contribution in [0.25, 0.3) is 0 Å². The minimum atomic E-state index is -3.45. The zero-order chi connectivity index (χ0) is 19.3. The van der Waals surface area contributed by atoms with E-state index in [0.717, 1.165) is 11.1 Å². The average molecular weight is 375 g/mol. The molecule has 0 saturated heterocycles. The van der Waals surface area contributed by atoms with E-state index in [1.54, 1.807) is 24.3 Å². The molecule has 0 aliphatic heterocycles. The number of carbonyl (C=O) groups is 1. The van der Waals surface area contributed by atoms with Crippen LogP contribution >= 0.6 is 0 Å². The van der Waals surface area contributed by atoms with Crippen molar-refractivity contribution in [3.63, 3.8) is 0 Å². The summed E-state index contributed by atoms with van der Waals surface area (Å²) in [5.74, 6) is -0.233. The van der Waals surface area contributed by atoms with Crippen LogP contribution < -0.4 is 5.32 Å². The van der Waals surface area contributed by atoms with E-state index in [1.807, 2.05) is 44.2 Å². The van der Waals surface area contributed by atoms with E-state index in [9.17, 15) is 13.2 Å². The van der Waals surface area contributed by atoms with Crippen molar-refractivity contribution >= 4 is 15.9 Å². The fourth-order valence-electron chi connectivity index (χ4n) is 2.79. The van der Waals surface area contributed by atoms with E-state index in [2.05, 4.69) is 5.32 Å². The molecular weight excluding hydrogens is 348 g/mol. The van der Waals surface area contributed by atoms with Crippen LogP contribution in [0.4, 0.5) is 0 Å². The molecule has 26 heavy (non-hydrogen) atoms. The molecule has 0 fully saturated rings. The molecule has 0 heterocycles. The SMILES string of the molecule is CCC(C(=O)NC(C)c1ccc(S(=O)(=O)N(C)C)cc1)c1ccccc1. The van der Waals surface area contributed by atoms with Gasteiger partial charge in [-0.05, 0) is 36.6 Å². The molecule has 0 saturated carbocycles. The number of amides is 1. The Kier molecular flexibility index (Phi) is 6.56. The monoisotopic (exact) mass is 374 g/mol.